The number of hydrogen-bond donors (Lipinski definition) is 0. The largest absolute Gasteiger partial charge is 0.263 e. The average molecular weight is 663 g/mol. The van der Waals surface area contributed by atoms with E-state index in [1.165, 1.54) is 43.3 Å². The van der Waals surface area contributed by atoms with E-state index in [1.807, 2.05) is 48.8 Å². The molecule has 4 heteroatoms. The Bertz CT molecular complexity index is 2890. The first-order valence-corrected chi connectivity index (χ1v) is 17.5. The molecule has 4 nitrogen and oxygen atoms in total. The van der Waals surface area contributed by atoms with Gasteiger partial charge in [-0.05, 0) is 60.5 Å². The Morgan fingerprint density at radius 3 is 1.29 bits per heavy atom. The molecule has 2 aromatic heterocycles. The molecule has 0 aliphatic heterocycles. The molecular weight excluding hydrogens is 633 g/mol. The summed E-state index contributed by atoms with van der Waals surface area (Å²) in [6.45, 7) is 0. The molecule has 0 aliphatic rings. The number of hydrogen-bond acceptors (Lipinski definition) is 4. The van der Waals surface area contributed by atoms with Crippen molar-refractivity contribution in [1.82, 2.24) is 19.9 Å². The van der Waals surface area contributed by atoms with Crippen molar-refractivity contribution >= 4 is 43.1 Å². The molecule has 0 bridgehead atoms. The number of aromatic nitrogens is 4. The average Bonchev–Trinajstić information content (AvgIpc) is 3.23. The Hall–Kier alpha value is -7.04. The van der Waals surface area contributed by atoms with Gasteiger partial charge in [-0.1, -0.05) is 164 Å². The van der Waals surface area contributed by atoms with E-state index in [0.717, 1.165) is 38.8 Å². The summed E-state index contributed by atoms with van der Waals surface area (Å²) in [5, 5.41) is 9.92. The van der Waals surface area contributed by atoms with Crippen molar-refractivity contribution in [2.45, 2.75) is 0 Å². The maximum Gasteiger partial charge on any atom is 0.164 e. The van der Waals surface area contributed by atoms with Crippen LogP contribution in [0.2, 0.25) is 0 Å². The molecule has 8 aromatic carbocycles. The monoisotopic (exact) mass is 662 g/mol. The summed E-state index contributed by atoms with van der Waals surface area (Å²) in [6.07, 6.45) is 3.83. The van der Waals surface area contributed by atoms with Crippen LogP contribution in [0.15, 0.2) is 182 Å². The fourth-order valence-electron chi connectivity index (χ4n) is 7.39. The number of pyridine rings is 1. The molecule has 0 radical (unpaired) electrons. The molecule has 0 saturated heterocycles. The van der Waals surface area contributed by atoms with Crippen LogP contribution in [-0.4, -0.2) is 19.9 Å². The lowest BCUT2D eigenvalue weighted by Crippen LogP contribution is -2.00. The maximum absolute atomic E-state index is 5.02. The molecule has 10 aromatic rings. The van der Waals surface area contributed by atoms with Crippen LogP contribution < -0.4 is 0 Å². The molecule has 0 spiro atoms. The minimum absolute atomic E-state index is 0.629. The third-order valence-electron chi connectivity index (χ3n) is 10.0. The highest BCUT2D eigenvalue weighted by Crippen LogP contribution is 2.37. The molecule has 10 rings (SSSR count). The van der Waals surface area contributed by atoms with Crippen LogP contribution in [0.3, 0.4) is 0 Å². The summed E-state index contributed by atoms with van der Waals surface area (Å²) in [5.41, 5.74) is 7.29. The van der Waals surface area contributed by atoms with E-state index < -0.39 is 0 Å². The quantitative estimate of drug-likeness (QED) is 0.172. The zero-order chi connectivity index (χ0) is 34.4. The SMILES string of the molecule is c1ccc(-c2nc(-c3ccc(-c4ccc5c6ccccc6c6ccccc6c5c4)cc3)nc(-c3ccc(-c4cncc5ccccc45)cc3)n2)cc1. The van der Waals surface area contributed by atoms with Gasteiger partial charge in [0, 0.05) is 40.0 Å². The van der Waals surface area contributed by atoms with Crippen LogP contribution in [-0.2, 0) is 0 Å². The van der Waals surface area contributed by atoms with Gasteiger partial charge in [0.2, 0.25) is 0 Å². The first kappa shape index (κ1) is 29.8. The smallest absolute Gasteiger partial charge is 0.164 e. The number of rotatable bonds is 5. The fraction of sp³-hybridized carbons (Fsp3) is 0. The third-order valence-corrected chi connectivity index (χ3v) is 10.0. The van der Waals surface area contributed by atoms with E-state index in [2.05, 4.69) is 138 Å². The zero-order valence-corrected chi connectivity index (χ0v) is 28.1. The summed E-state index contributed by atoms with van der Waals surface area (Å²) in [4.78, 5) is 19.4. The Balaban J connectivity index is 1.04. The lowest BCUT2D eigenvalue weighted by Gasteiger charge is -2.12. The minimum Gasteiger partial charge on any atom is -0.263 e. The second-order valence-electron chi connectivity index (χ2n) is 13.1. The van der Waals surface area contributed by atoms with Gasteiger partial charge in [-0.25, -0.2) is 15.0 Å². The first-order chi connectivity index (χ1) is 25.8. The Morgan fingerprint density at radius 2 is 0.692 bits per heavy atom. The van der Waals surface area contributed by atoms with E-state index >= 15 is 0 Å². The summed E-state index contributed by atoms with van der Waals surface area (Å²) >= 11 is 0. The van der Waals surface area contributed by atoms with E-state index in [-0.39, 0.29) is 0 Å². The predicted octanol–water partition coefficient (Wildman–Crippen LogP) is 12.2. The molecule has 0 fully saturated rings. The number of nitrogens with zero attached hydrogens (tertiary/aromatic N) is 4. The van der Waals surface area contributed by atoms with Crippen LogP contribution in [0.25, 0.3) is 99.5 Å². The van der Waals surface area contributed by atoms with Crippen molar-refractivity contribution in [1.29, 1.82) is 0 Å². The lowest BCUT2D eigenvalue weighted by molar-refractivity contribution is 1.07. The topological polar surface area (TPSA) is 51.6 Å². The molecule has 0 unspecified atom stereocenters. The molecule has 0 aliphatic carbocycles. The lowest BCUT2D eigenvalue weighted by atomic mass is 9.92. The van der Waals surface area contributed by atoms with E-state index in [9.17, 15) is 0 Å². The van der Waals surface area contributed by atoms with Gasteiger partial charge in [0.15, 0.2) is 17.5 Å². The second kappa shape index (κ2) is 12.4. The van der Waals surface area contributed by atoms with Crippen LogP contribution >= 0.6 is 0 Å². The standard InChI is InChI=1S/C48H30N4/c1-2-10-33(11-3-1)46-50-47(52-48(51-46)35-24-20-32(21-25-35)45-30-49-29-37-12-4-5-13-38(37)45)34-22-18-31(19-23-34)36-26-27-43-41-16-7-6-14-39(41)40-15-8-9-17-42(40)44(43)28-36/h1-30H. The Morgan fingerprint density at radius 1 is 0.269 bits per heavy atom. The molecular formula is C48H30N4. The van der Waals surface area contributed by atoms with Gasteiger partial charge >= 0.3 is 0 Å². The van der Waals surface area contributed by atoms with Crippen molar-refractivity contribution in [3.05, 3.63) is 182 Å². The van der Waals surface area contributed by atoms with Gasteiger partial charge in [0.05, 0.1) is 0 Å². The van der Waals surface area contributed by atoms with Gasteiger partial charge in [-0.3, -0.25) is 4.98 Å². The third kappa shape index (κ3) is 5.17. The first-order valence-electron chi connectivity index (χ1n) is 17.5. The molecule has 0 amide bonds. The molecule has 52 heavy (non-hydrogen) atoms. The van der Waals surface area contributed by atoms with Crippen LogP contribution in [0, 0.1) is 0 Å². The minimum atomic E-state index is 0.629. The Kier molecular flexibility index (Phi) is 7.10. The van der Waals surface area contributed by atoms with E-state index in [1.54, 1.807) is 0 Å². The molecule has 242 valence electrons. The number of fused-ring (bicyclic) bond motifs is 7. The van der Waals surface area contributed by atoms with Crippen molar-refractivity contribution in [2.24, 2.45) is 0 Å². The normalized spacial score (nSPS) is 11.5. The molecule has 0 N–H and O–H groups in total. The fourth-order valence-corrected chi connectivity index (χ4v) is 7.39. The van der Waals surface area contributed by atoms with Gasteiger partial charge in [0.25, 0.3) is 0 Å². The van der Waals surface area contributed by atoms with Gasteiger partial charge in [0.1, 0.15) is 0 Å². The van der Waals surface area contributed by atoms with Gasteiger partial charge in [-0.2, -0.15) is 0 Å². The summed E-state index contributed by atoms with van der Waals surface area (Å²) in [5.74, 6) is 1.90. The van der Waals surface area contributed by atoms with Crippen LogP contribution in [0.4, 0.5) is 0 Å². The van der Waals surface area contributed by atoms with Crippen LogP contribution in [0.1, 0.15) is 0 Å². The summed E-state index contributed by atoms with van der Waals surface area (Å²) in [6, 6.07) is 59.6. The van der Waals surface area contributed by atoms with Crippen LogP contribution in [0.5, 0.6) is 0 Å². The summed E-state index contributed by atoms with van der Waals surface area (Å²) in [7, 11) is 0. The highest BCUT2D eigenvalue weighted by Gasteiger charge is 2.14. The van der Waals surface area contributed by atoms with E-state index in [0.29, 0.717) is 17.5 Å². The van der Waals surface area contributed by atoms with Gasteiger partial charge in [-0.15, -0.1) is 0 Å². The molecule has 0 saturated carbocycles. The van der Waals surface area contributed by atoms with E-state index in [4.69, 9.17) is 15.0 Å². The maximum atomic E-state index is 5.02. The highest BCUT2D eigenvalue weighted by atomic mass is 15.0. The van der Waals surface area contributed by atoms with Gasteiger partial charge < -0.3 is 0 Å². The molecule has 2 heterocycles. The zero-order valence-electron chi connectivity index (χ0n) is 28.1. The second-order valence-corrected chi connectivity index (χ2v) is 13.1. The van der Waals surface area contributed by atoms with Crippen molar-refractivity contribution in [2.75, 3.05) is 0 Å². The molecule has 0 atom stereocenters. The van der Waals surface area contributed by atoms with Crippen molar-refractivity contribution in [3.63, 3.8) is 0 Å². The van der Waals surface area contributed by atoms with Crippen molar-refractivity contribution in [3.8, 4) is 56.4 Å². The highest BCUT2D eigenvalue weighted by molar-refractivity contribution is 6.25. The predicted molar refractivity (Wildman–Crippen MR) is 215 cm³/mol. The number of benzene rings is 8. The Labute approximate surface area is 300 Å². The summed E-state index contributed by atoms with van der Waals surface area (Å²) < 4.78 is 0. The van der Waals surface area contributed by atoms with Crippen molar-refractivity contribution < 1.29 is 0 Å².